The summed E-state index contributed by atoms with van der Waals surface area (Å²) >= 11 is 5.94. The van der Waals surface area contributed by atoms with Gasteiger partial charge in [-0.3, -0.25) is 0 Å². The van der Waals surface area contributed by atoms with Crippen LogP contribution in [0.1, 0.15) is 37.7 Å². The number of ether oxygens (including phenoxy) is 1. The van der Waals surface area contributed by atoms with Crippen molar-refractivity contribution < 1.29 is 4.74 Å². The summed E-state index contributed by atoms with van der Waals surface area (Å²) in [5, 5.41) is 5.21. The van der Waals surface area contributed by atoms with Gasteiger partial charge in [0.1, 0.15) is 17.9 Å². The van der Waals surface area contributed by atoms with Gasteiger partial charge in [-0.25, -0.2) is 9.97 Å². The molecule has 1 saturated carbocycles. The molecule has 5 heteroatoms. The van der Waals surface area contributed by atoms with E-state index in [9.17, 15) is 0 Å². The Balaban J connectivity index is 1.38. The molecule has 1 aromatic heterocycles. The average molecular weight is 396 g/mol. The van der Waals surface area contributed by atoms with Crippen molar-refractivity contribution in [3.05, 3.63) is 59.4 Å². The number of nitrogens with one attached hydrogen (secondary N) is 1. The quantitative estimate of drug-likeness (QED) is 0.541. The van der Waals surface area contributed by atoms with E-state index in [2.05, 4.69) is 33.5 Å². The topological polar surface area (TPSA) is 47.0 Å². The molecule has 28 heavy (non-hydrogen) atoms. The molecule has 0 spiro atoms. The van der Waals surface area contributed by atoms with Crippen LogP contribution in [0, 0.1) is 5.92 Å². The molecule has 0 atom stereocenters. The first-order chi connectivity index (χ1) is 13.8. The molecule has 3 aromatic rings. The first kappa shape index (κ1) is 19.0. The molecule has 0 radical (unpaired) electrons. The molecule has 0 aliphatic heterocycles. The maximum atomic E-state index is 6.05. The van der Waals surface area contributed by atoms with E-state index in [1.54, 1.807) is 6.33 Å². The van der Waals surface area contributed by atoms with Crippen molar-refractivity contribution in [1.29, 1.82) is 0 Å². The highest BCUT2D eigenvalue weighted by atomic mass is 35.5. The summed E-state index contributed by atoms with van der Waals surface area (Å²) in [5.41, 5.74) is 2.15. The van der Waals surface area contributed by atoms with Gasteiger partial charge in [-0.15, -0.1) is 0 Å². The van der Waals surface area contributed by atoms with Crippen LogP contribution < -0.4 is 10.1 Å². The van der Waals surface area contributed by atoms with Crippen molar-refractivity contribution in [2.45, 2.75) is 38.5 Å². The molecule has 4 rings (SSSR count). The standard InChI is InChI=1S/C23H26ClN3O/c24-19-8-6-17(7-9-19)12-13-25-23-21-11-10-20(14-22(21)26-16-27-23)28-15-18-4-2-1-3-5-18/h6-11,14,16,18H,1-5,12-13,15H2,(H,25,26,27). The van der Waals surface area contributed by atoms with Gasteiger partial charge in [0.15, 0.2) is 0 Å². The Kier molecular flexibility index (Phi) is 6.27. The largest absolute Gasteiger partial charge is 0.493 e. The van der Waals surface area contributed by atoms with Crippen LogP contribution in [0.2, 0.25) is 5.02 Å². The molecule has 0 amide bonds. The lowest BCUT2D eigenvalue weighted by molar-refractivity contribution is 0.209. The monoisotopic (exact) mass is 395 g/mol. The van der Waals surface area contributed by atoms with Crippen LogP contribution in [0.15, 0.2) is 48.8 Å². The molecule has 1 aliphatic rings. The smallest absolute Gasteiger partial charge is 0.137 e. The fourth-order valence-corrected chi connectivity index (χ4v) is 3.94. The van der Waals surface area contributed by atoms with Gasteiger partial charge in [-0.1, -0.05) is 43.0 Å². The van der Waals surface area contributed by atoms with Crippen LogP contribution >= 0.6 is 11.6 Å². The second-order valence-corrected chi connectivity index (χ2v) is 7.96. The highest BCUT2D eigenvalue weighted by Crippen LogP contribution is 2.27. The maximum Gasteiger partial charge on any atom is 0.137 e. The van der Waals surface area contributed by atoms with Gasteiger partial charge in [-0.2, -0.15) is 0 Å². The molecular weight excluding hydrogens is 370 g/mol. The van der Waals surface area contributed by atoms with Crippen LogP contribution in [-0.2, 0) is 6.42 Å². The summed E-state index contributed by atoms with van der Waals surface area (Å²) in [5.74, 6) is 2.45. The van der Waals surface area contributed by atoms with Gasteiger partial charge in [0.05, 0.1) is 12.1 Å². The van der Waals surface area contributed by atoms with Gasteiger partial charge in [-0.05, 0) is 55.0 Å². The third-order valence-corrected chi connectivity index (χ3v) is 5.69. The van der Waals surface area contributed by atoms with Gasteiger partial charge < -0.3 is 10.1 Å². The zero-order valence-electron chi connectivity index (χ0n) is 16.0. The first-order valence-corrected chi connectivity index (χ1v) is 10.5. The van der Waals surface area contributed by atoms with Gasteiger partial charge in [0, 0.05) is 23.0 Å². The SMILES string of the molecule is Clc1ccc(CCNc2ncnc3cc(OCC4CCCCC4)ccc23)cc1. The molecule has 0 bridgehead atoms. The van der Waals surface area contributed by atoms with E-state index in [0.29, 0.717) is 5.92 Å². The number of anilines is 1. The molecule has 0 saturated heterocycles. The van der Waals surface area contributed by atoms with Crippen molar-refractivity contribution in [2.75, 3.05) is 18.5 Å². The Morgan fingerprint density at radius 2 is 1.82 bits per heavy atom. The molecule has 146 valence electrons. The number of halogens is 1. The Morgan fingerprint density at radius 1 is 1.00 bits per heavy atom. The second kappa shape index (κ2) is 9.24. The molecule has 4 nitrogen and oxygen atoms in total. The van der Waals surface area contributed by atoms with Crippen molar-refractivity contribution in [3.8, 4) is 5.75 Å². The summed E-state index contributed by atoms with van der Waals surface area (Å²) < 4.78 is 6.05. The zero-order chi connectivity index (χ0) is 19.2. The Bertz CT molecular complexity index is 907. The molecule has 1 fully saturated rings. The van der Waals surface area contributed by atoms with E-state index in [0.717, 1.165) is 47.1 Å². The minimum Gasteiger partial charge on any atom is -0.493 e. The molecule has 1 N–H and O–H groups in total. The maximum absolute atomic E-state index is 6.05. The summed E-state index contributed by atoms with van der Waals surface area (Å²) in [6.07, 6.45) is 9.14. The number of hydrogen-bond acceptors (Lipinski definition) is 4. The molecular formula is C23H26ClN3O. The summed E-state index contributed by atoms with van der Waals surface area (Å²) in [6, 6.07) is 14.0. The van der Waals surface area contributed by atoms with E-state index in [-0.39, 0.29) is 0 Å². The van der Waals surface area contributed by atoms with Gasteiger partial charge in [0.25, 0.3) is 0 Å². The number of rotatable bonds is 7. The summed E-state index contributed by atoms with van der Waals surface area (Å²) in [7, 11) is 0. The third-order valence-electron chi connectivity index (χ3n) is 5.44. The summed E-state index contributed by atoms with van der Waals surface area (Å²) in [6.45, 7) is 1.61. The Morgan fingerprint density at radius 3 is 2.64 bits per heavy atom. The van der Waals surface area contributed by atoms with Crippen LogP contribution in [0.3, 0.4) is 0 Å². The lowest BCUT2D eigenvalue weighted by atomic mass is 9.90. The van der Waals surface area contributed by atoms with Crippen LogP contribution in [0.25, 0.3) is 10.9 Å². The highest BCUT2D eigenvalue weighted by molar-refractivity contribution is 6.30. The van der Waals surface area contributed by atoms with E-state index in [4.69, 9.17) is 16.3 Å². The number of aromatic nitrogens is 2. The van der Waals surface area contributed by atoms with Crippen LogP contribution in [0.4, 0.5) is 5.82 Å². The first-order valence-electron chi connectivity index (χ1n) is 10.1. The normalized spacial score (nSPS) is 14.9. The minimum atomic E-state index is 0.694. The van der Waals surface area contributed by atoms with E-state index >= 15 is 0 Å². The van der Waals surface area contributed by atoms with Gasteiger partial charge in [0.2, 0.25) is 0 Å². The average Bonchev–Trinajstić information content (AvgIpc) is 2.74. The number of benzene rings is 2. The van der Waals surface area contributed by atoms with Crippen LogP contribution in [0.5, 0.6) is 5.75 Å². The molecule has 1 heterocycles. The number of hydrogen-bond donors (Lipinski definition) is 1. The van der Waals surface area contributed by atoms with Crippen molar-refractivity contribution in [2.24, 2.45) is 5.92 Å². The number of fused-ring (bicyclic) bond motifs is 1. The fraction of sp³-hybridized carbons (Fsp3) is 0.391. The second-order valence-electron chi connectivity index (χ2n) is 7.52. The molecule has 1 aliphatic carbocycles. The predicted molar refractivity (Wildman–Crippen MR) is 115 cm³/mol. The lowest BCUT2D eigenvalue weighted by Crippen LogP contribution is -2.15. The van der Waals surface area contributed by atoms with Crippen molar-refractivity contribution in [1.82, 2.24) is 9.97 Å². The predicted octanol–water partition coefficient (Wildman–Crippen LogP) is 5.90. The zero-order valence-corrected chi connectivity index (χ0v) is 16.8. The molecule has 2 aromatic carbocycles. The van der Waals surface area contributed by atoms with E-state index in [1.807, 2.05) is 24.3 Å². The van der Waals surface area contributed by atoms with E-state index < -0.39 is 0 Å². The van der Waals surface area contributed by atoms with Gasteiger partial charge >= 0.3 is 0 Å². The van der Waals surface area contributed by atoms with Crippen molar-refractivity contribution in [3.63, 3.8) is 0 Å². The number of nitrogens with zero attached hydrogens (tertiary/aromatic N) is 2. The Labute approximate surface area is 171 Å². The van der Waals surface area contributed by atoms with E-state index in [1.165, 1.54) is 37.7 Å². The highest BCUT2D eigenvalue weighted by Gasteiger charge is 2.14. The molecule has 0 unspecified atom stereocenters. The van der Waals surface area contributed by atoms with Crippen molar-refractivity contribution >= 4 is 28.3 Å². The minimum absolute atomic E-state index is 0.694. The Hall–Kier alpha value is -2.33. The summed E-state index contributed by atoms with van der Waals surface area (Å²) in [4.78, 5) is 8.84. The third kappa shape index (κ3) is 4.93. The van der Waals surface area contributed by atoms with Crippen LogP contribution in [-0.4, -0.2) is 23.1 Å². The fourth-order valence-electron chi connectivity index (χ4n) is 3.81. The lowest BCUT2D eigenvalue weighted by Gasteiger charge is -2.21.